The van der Waals surface area contributed by atoms with Gasteiger partial charge in [0.2, 0.25) is 5.91 Å². The van der Waals surface area contributed by atoms with Crippen LogP contribution in [-0.2, 0) is 4.79 Å². The van der Waals surface area contributed by atoms with Crippen molar-refractivity contribution in [2.24, 2.45) is 0 Å². The van der Waals surface area contributed by atoms with E-state index < -0.39 is 0 Å². The van der Waals surface area contributed by atoms with Gasteiger partial charge < -0.3 is 10.6 Å². The summed E-state index contributed by atoms with van der Waals surface area (Å²) in [4.78, 5) is 12.5. The number of hydrogen-bond acceptors (Lipinski definition) is 2. The van der Waals surface area contributed by atoms with Gasteiger partial charge in [0.05, 0.1) is 11.6 Å². The van der Waals surface area contributed by atoms with E-state index in [2.05, 4.69) is 17.6 Å². The fourth-order valence-electron chi connectivity index (χ4n) is 2.66. The molecule has 1 aliphatic heterocycles. The molecule has 2 rings (SSSR count). The van der Waals surface area contributed by atoms with Crippen molar-refractivity contribution in [2.45, 2.75) is 44.7 Å². The molecule has 104 valence electrons. The van der Waals surface area contributed by atoms with Crippen molar-refractivity contribution in [2.75, 3.05) is 6.54 Å². The zero-order chi connectivity index (χ0) is 13.9. The van der Waals surface area contributed by atoms with Gasteiger partial charge in [-0.05, 0) is 50.4 Å². The van der Waals surface area contributed by atoms with E-state index in [-0.39, 0.29) is 17.5 Å². The minimum Gasteiger partial charge on any atom is -0.348 e. The van der Waals surface area contributed by atoms with E-state index in [0.717, 1.165) is 31.4 Å². The van der Waals surface area contributed by atoms with Gasteiger partial charge >= 0.3 is 0 Å². The number of halogens is 1. The lowest BCUT2D eigenvalue weighted by molar-refractivity contribution is -0.128. The molecule has 1 aliphatic rings. The average molecular weight is 281 g/mol. The summed E-state index contributed by atoms with van der Waals surface area (Å²) < 4.78 is 0. The molecule has 1 amide bonds. The molecule has 3 nitrogen and oxygen atoms in total. The molecular weight excluding hydrogens is 260 g/mol. The topological polar surface area (TPSA) is 41.1 Å². The minimum atomic E-state index is -0.382. The standard InChI is InChI=1S/C15H21ClN2O/c1-3-15(8-5-9-17-15)14(19)18-11(2)12-6-4-7-13(16)10-12/h4,6-7,10-11,17H,3,5,8-9H2,1-2H3,(H,18,19)/t11-,15?/m1/s1. The summed E-state index contributed by atoms with van der Waals surface area (Å²) in [6, 6.07) is 7.59. The zero-order valence-corrected chi connectivity index (χ0v) is 12.3. The second-order valence-electron chi connectivity index (χ2n) is 5.22. The molecule has 1 heterocycles. The summed E-state index contributed by atoms with van der Waals surface area (Å²) in [5, 5.41) is 7.14. The Kier molecular flexibility index (Phi) is 4.48. The molecule has 4 heteroatoms. The molecule has 19 heavy (non-hydrogen) atoms. The maximum absolute atomic E-state index is 12.5. The van der Waals surface area contributed by atoms with Crippen LogP contribution >= 0.6 is 11.6 Å². The molecule has 0 saturated carbocycles. The highest BCUT2D eigenvalue weighted by atomic mass is 35.5. The quantitative estimate of drug-likeness (QED) is 0.890. The van der Waals surface area contributed by atoms with Crippen LogP contribution in [0.2, 0.25) is 5.02 Å². The van der Waals surface area contributed by atoms with Crippen LogP contribution in [0.15, 0.2) is 24.3 Å². The Hall–Kier alpha value is -1.06. The first-order valence-electron chi connectivity index (χ1n) is 6.89. The molecule has 0 aliphatic carbocycles. The number of carbonyl (C=O) groups excluding carboxylic acids is 1. The van der Waals surface area contributed by atoms with Crippen LogP contribution < -0.4 is 10.6 Å². The molecule has 1 fully saturated rings. The number of rotatable bonds is 4. The number of nitrogens with one attached hydrogen (secondary N) is 2. The van der Waals surface area contributed by atoms with Gasteiger partial charge in [0, 0.05) is 5.02 Å². The van der Waals surface area contributed by atoms with Crippen molar-refractivity contribution in [1.82, 2.24) is 10.6 Å². The van der Waals surface area contributed by atoms with Crippen LogP contribution in [0.5, 0.6) is 0 Å². The Balaban J connectivity index is 2.06. The molecule has 0 bridgehead atoms. The summed E-state index contributed by atoms with van der Waals surface area (Å²) in [6.07, 6.45) is 2.80. The molecule has 2 N–H and O–H groups in total. The summed E-state index contributed by atoms with van der Waals surface area (Å²) in [5.74, 6) is 0.0972. The zero-order valence-electron chi connectivity index (χ0n) is 11.5. The Morgan fingerprint density at radius 1 is 1.58 bits per heavy atom. The van der Waals surface area contributed by atoms with Gasteiger partial charge in [0.1, 0.15) is 0 Å². The molecular formula is C15H21ClN2O. The predicted molar refractivity (Wildman–Crippen MR) is 78.3 cm³/mol. The number of amides is 1. The molecule has 1 saturated heterocycles. The Bertz CT molecular complexity index is 455. The molecule has 0 aromatic heterocycles. The van der Waals surface area contributed by atoms with Gasteiger partial charge in [-0.25, -0.2) is 0 Å². The van der Waals surface area contributed by atoms with Crippen LogP contribution in [0, 0.1) is 0 Å². The summed E-state index contributed by atoms with van der Waals surface area (Å²) >= 11 is 5.98. The van der Waals surface area contributed by atoms with Crippen molar-refractivity contribution in [1.29, 1.82) is 0 Å². The summed E-state index contributed by atoms with van der Waals surface area (Å²) in [7, 11) is 0. The molecule has 2 atom stereocenters. The highest BCUT2D eigenvalue weighted by Crippen LogP contribution is 2.25. The van der Waals surface area contributed by atoms with Crippen LogP contribution in [0.4, 0.5) is 0 Å². The first-order valence-corrected chi connectivity index (χ1v) is 7.26. The van der Waals surface area contributed by atoms with Gasteiger partial charge in [0.15, 0.2) is 0 Å². The van der Waals surface area contributed by atoms with E-state index >= 15 is 0 Å². The van der Waals surface area contributed by atoms with E-state index in [1.807, 2.05) is 31.2 Å². The molecule has 0 spiro atoms. The van der Waals surface area contributed by atoms with Crippen molar-refractivity contribution in [3.63, 3.8) is 0 Å². The monoisotopic (exact) mass is 280 g/mol. The molecule has 1 unspecified atom stereocenters. The summed E-state index contributed by atoms with van der Waals surface area (Å²) in [6.45, 7) is 4.97. The predicted octanol–water partition coefficient (Wildman–Crippen LogP) is 3.05. The number of carbonyl (C=O) groups is 1. The fourth-order valence-corrected chi connectivity index (χ4v) is 2.86. The number of benzene rings is 1. The smallest absolute Gasteiger partial charge is 0.240 e. The van der Waals surface area contributed by atoms with Crippen molar-refractivity contribution in [3.8, 4) is 0 Å². The third-order valence-corrected chi connectivity index (χ3v) is 4.21. The van der Waals surface area contributed by atoms with E-state index in [1.165, 1.54) is 0 Å². The molecule has 0 radical (unpaired) electrons. The van der Waals surface area contributed by atoms with Crippen molar-refractivity contribution < 1.29 is 4.79 Å². The van der Waals surface area contributed by atoms with Gasteiger partial charge in [0.25, 0.3) is 0 Å². The first kappa shape index (κ1) is 14.4. The third kappa shape index (κ3) is 3.10. The lowest BCUT2D eigenvalue weighted by Gasteiger charge is -2.28. The first-order chi connectivity index (χ1) is 9.07. The SMILES string of the molecule is CCC1(C(=O)N[C@H](C)c2cccc(Cl)c2)CCCN1. The molecule has 1 aromatic rings. The largest absolute Gasteiger partial charge is 0.348 e. The Morgan fingerprint density at radius 2 is 2.37 bits per heavy atom. The van der Waals surface area contributed by atoms with Crippen molar-refractivity contribution >= 4 is 17.5 Å². The highest BCUT2D eigenvalue weighted by molar-refractivity contribution is 6.30. The number of hydrogen-bond donors (Lipinski definition) is 2. The van der Waals surface area contributed by atoms with Crippen LogP contribution in [-0.4, -0.2) is 18.0 Å². The maximum Gasteiger partial charge on any atom is 0.240 e. The fraction of sp³-hybridized carbons (Fsp3) is 0.533. The maximum atomic E-state index is 12.5. The Labute approximate surface area is 119 Å². The van der Waals surface area contributed by atoms with Crippen molar-refractivity contribution in [3.05, 3.63) is 34.9 Å². The lowest BCUT2D eigenvalue weighted by Crippen LogP contribution is -2.53. The highest BCUT2D eigenvalue weighted by Gasteiger charge is 2.39. The van der Waals surface area contributed by atoms with Crippen LogP contribution in [0.1, 0.15) is 44.7 Å². The van der Waals surface area contributed by atoms with E-state index in [9.17, 15) is 4.79 Å². The minimum absolute atomic E-state index is 0.0305. The van der Waals surface area contributed by atoms with Gasteiger partial charge in [-0.3, -0.25) is 4.79 Å². The van der Waals surface area contributed by atoms with Gasteiger partial charge in [-0.1, -0.05) is 30.7 Å². The van der Waals surface area contributed by atoms with Crippen LogP contribution in [0.3, 0.4) is 0 Å². The molecule has 1 aromatic carbocycles. The van der Waals surface area contributed by atoms with Crippen LogP contribution in [0.25, 0.3) is 0 Å². The average Bonchev–Trinajstić information content (AvgIpc) is 2.88. The second kappa shape index (κ2) is 5.93. The Morgan fingerprint density at radius 3 is 2.95 bits per heavy atom. The van der Waals surface area contributed by atoms with E-state index in [0.29, 0.717) is 5.02 Å². The lowest BCUT2D eigenvalue weighted by atomic mass is 9.92. The van der Waals surface area contributed by atoms with E-state index in [1.54, 1.807) is 0 Å². The normalized spacial score (nSPS) is 24.2. The summed E-state index contributed by atoms with van der Waals surface area (Å²) in [5.41, 5.74) is 0.650. The van der Waals surface area contributed by atoms with E-state index in [4.69, 9.17) is 11.6 Å². The van der Waals surface area contributed by atoms with Gasteiger partial charge in [-0.2, -0.15) is 0 Å². The third-order valence-electron chi connectivity index (χ3n) is 3.98. The second-order valence-corrected chi connectivity index (χ2v) is 5.65. The van der Waals surface area contributed by atoms with Gasteiger partial charge in [-0.15, -0.1) is 0 Å².